The highest BCUT2D eigenvalue weighted by atomic mass is 35.5. The number of piperidine rings is 1. The monoisotopic (exact) mass is 385 g/mol. The maximum atomic E-state index is 12.7. The summed E-state index contributed by atoms with van der Waals surface area (Å²) in [5.74, 6) is -1.35. The van der Waals surface area contributed by atoms with Crippen molar-refractivity contribution in [3.63, 3.8) is 0 Å². The molecule has 0 radical (unpaired) electrons. The topological polar surface area (TPSA) is 56.1 Å². The Labute approximate surface area is 154 Å². The minimum atomic E-state index is -4.20. The number of nitrogens with one attached hydrogen (secondary N) is 1. The van der Waals surface area contributed by atoms with Gasteiger partial charge in [0.2, 0.25) is 0 Å². The molecule has 1 saturated carbocycles. The van der Waals surface area contributed by atoms with Gasteiger partial charge in [0.05, 0.1) is 17.9 Å². The van der Waals surface area contributed by atoms with Crippen LogP contribution < -0.4 is 5.32 Å². The van der Waals surface area contributed by atoms with Gasteiger partial charge in [0, 0.05) is 29.7 Å². The van der Waals surface area contributed by atoms with E-state index in [2.05, 4.69) is 11.4 Å². The first-order valence-electron chi connectivity index (χ1n) is 8.61. The Morgan fingerprint density at radius 2 is 1.92 bits per heavy atom. The minimum absolute atomic E-state index is 0.0619. The molecule has 0 aromatic heterocycles. The van der Waals surface area contributed by atoms with E-state index < -0.39 is 18.1 Å². The van der Waals surface area contributed by atoms with Crippen LogP contribution in [0.3, 0.4) is 0 Å². The number of rotatable bonds is 2. The van der Waals surface area contributed by atoms with E-state index in [1.807, 2.05) is 0 Å². The maximum absolute atomic E-state index is 12.7. The minimum Gasteiger partial charge on any atom is -0.325 e. The highest BCUT2D eigenvalue weighted by Gasteiger charge is 2.41. The van der Waals surface area contributed by atoms with E-state index in [0.717, 1.165) is 18.4 Å². The van der Waals surface area contributed by atoms with Crippen LogP contribution in [0.15, 0.2) is 18.2 Å². The molecule has 1 N–H and O–H groups in total. The summed E-state index contributed by atoms with van der Waals surface area (Å²) in [7, 11) is 0. The molecule has 0 unspecified atom stereocenters. The summed E-state index contributed by atoms with van der Waals surface area (Å²) >= 11 is 6.23. The first-order valence-corrected chi connectivity index (χ1v) is 8.99. The van der Waals surface area contributed by atoms with E-state index in [1.165, 1.54) is 4.90 Å². The lowest BCUT2D eigenvalue weighted by Crippen LogP contribution is -2.44. The molecule has 2 fully saturated rings. The average Bonchev–Trinajstić information content (AvgIpc) is 2.56. The maximum Gasteiger partial charge on any atom is 0.391 e. The lowest BCUT2D eigenvalue weighted by atomic mass is 9.71. The summed E-state index contributed by atoms with van der Waals surface area (Å²) in [4.78, 5) is 13.7. The molecule has 8 heteroatoms. The smallest absolute Gasteiger partial charge is 0.325 e. The molecule has 1 aliphatic carbocycles. The number of amides is 2. The van der Waals surface area contributed by atoms with Gasteiger partial charge in [-0.25, -0.2) is 4.79 Å². The summed E-state index contributed by atoms with van der Waals surface area (Å²) in [6, 6.07) is 6.94. The molecule has 2 aliphatic rings. The molecule has 1 heterocycles. The molecule has 4 nitrogen and oxygen atoms in total. The van der Waals surface area contributed by atoms with Crippen molar-refractivity contribution in [3.8, 4) is 6.07 Å². The molecule has 140 valence electrons. The van der Waals surface area contributed by atoms with Crippen LogP contribution in [0.5, 0.6) is 0 Å². The molecular weight excluding hydrogens is 367 g/mol. The second-order valence-corrected chi connectivity index (χ2v) is 7.30. The zero-order valence-electron chi connectivity index (χ0n) is 14.0. The Balaban J connectivity index is 1.63. The predicted octanol–water partition coefficient (Wildman–Crippen LogP) is 5.16. The van der Waals surface area contributed by atoms with Gasteiger partial charge < -0.3 is 10.2 Å². The lowest BCUT2D eigenvalue weighted by molar-refractivity contribution is -0.183. The average molecular weight is 386 g/mol. The molecule has 1 aromatic rings. The van der Waals surface area contributed by atoms with Crippen molar-refractivity contribution in [1.29, 1.82) is 5.26 Å². The fourth-order valence-electron chi connectivity index (χ4n) is 3.54. The van der Waals surface area contributed by atoms with Crippen LogP contribution in [0.4, 0.5) is 23.7 Å². The summed E-state index contributed by atoms with van der Waals surface area (Å²) in [6.45, 7) is 0.158. The molecule has 2 atom stereocenters. The Morgan fingerprint density at radius 3 is 2.46 bits per heavy atom. The molecule has 0 bridgehead atoms. The van der Waals surface area contributed by atoms with Gasteiger partial charge in [0.25, 0.3) is 0 Å². The molecule has 3 rings (SSSR count). The van der Waals surface area contributed by atoms with Gasteiger partial charge >= 0.3 is 12.2 Å². The lowest BCUT2D eigenvalue weighted by Gasteiger charge is -2.34. The molecular formula is C18H19ClF3N3O. The van der Waals surface area contributed by atoms with Gasteiger partial charge in [0.1, 0.15) is 0 Å². The number of nitriles is 1. The third-order valence-electron chi connectivity index (χ3n) is 5.33. The zero-order chi connectivity index (χ0) is 18.9. The third-order valence-corrected chi connectivity index (χ3v) is 5.68. The molecule has 1 saturated heterocycles. The SMILES string of the molecule is N#C[C@H]1CC[C@H]1c1cc(NC(=O)N2CCC(C(F)(F)F)CC2)ccc1Cl. The number of hydrogen-bond donors (Lipinski definition) is 1. The number of alkyl halides is 3. The number of anilines is 1. The largest absolute Gasteiger partial charge is 0.391 e. The van der Waals surface area contributed by atoms with Crippen LogP contribution in [0.1, 0.15) is 37.2 Å². The number of carbonyl (C=O) groups is 1. The fourth-order valence-corrected chi connectivity index (χ4v) is 3.80. The van der Waals surface area contributed by atoms with E-state index in [1.54, 1.807) is 18.2 Å². The van der Waals surface area contributed by atoms with E-state index >= 15 is 0 Å². The van der Waals surface area contributed by atoms with Gasteiger partial charge in [0.15, 0.2) is 0 Å². The Morgan fingerprint density at radius 1 is 1.23 bits per heavy atom. The quantitative estimate of drug-likeness (QED) is 0.764. The normalized spacial score (nSPS) is 23.9. The van der Waals surface area contributed by atoms with Gasteiger partial charge in [-0.3, -0.25) is 0 Å². The first kappa shape index (κ1) is 18.8. The van der Waals surface area contributed by atoms with E-state index in [9.17, 15) is 18.0 Å². The summed E-state index contributed by atoms with van der Waals surface area (Å²) in [5, 5.41) is 12.4. The van der Waals surface area contributed by atoms with Gasteiger partial charge in [-0.15, -0.1) is 0 Å². The Bertz CT molecular complexity index is 723. The Hall–Kier alpha value is -1.94. The van der Waals surface area contributed by atoms with Crippen molar-refractivity contribution in [2.45, 2.75) is 37.8 Å². The van der Waals surface area contributed by atoms with Crippen LogP contribution in [-0.4, -0.2) is 30.2 Å². The van der Waals surface area contributed by atoms with E-state index in [-0.39, 0.29) is 37.8 Å². The summed E-state index contributed by atoms with van der Waals surface area (Å²) in [5.41, 5.74) is 1.37. The number of hydrogen-bond acceptors (Lipinski definition) is 2. The van der Waals surface area contributed by atoms with Crippen molar-refractivity contribution in [2.75, 3.05) is 18.4 Å². The number of halogens is 4. The first-order chi connectivity index (χ1) is 12.3. The van der Waals surface area contributed by atoms with E-state index in [4.69, 9.17) is 16.9 Å². The predicted molar refractivity (Wildman–Crippen MR) is 91.9 cm³/mol. The van der Waals surface area contributed by atoms with Crippen LogP contribution in [0.2, 0.25) is 5.02 Å². The third kappa shape index (κ3) is 3.90. The number of urea groups is 1. The zero-order valence-corrected chi connectivity index (χ0v) is 14.8. The van der Waals surface area contributed by atoms with Gasteiger partial charge in [-0.2, -0.15) is 18.4 Å². The highest BCUT2D eigenvalue weighted by molar-refractivity contribution is 6.31. The van der Waals surface area contributed by atoms with Crippen molar-refractivity contribution < 1.29 is 18.0 Å². The van der Waals surface area contributed by atoms with Crippen molar-refractivity contribution in [3.05, 3.63) is 28.8 Å². The van der Waals surface area contributed by atoms with Crippen LogP contribution >= 0.6 is 11.6 Å². The Kier molecular flexibility index (Phi) is 5.33. The van der Waals surface area contributed by atoms with Crippen molar-refractivity contribution in [2.24, 2.45) is 11.8 Å². The molecule has 1 aromatic carbocycles. The van der Waals surface area contributed by atoms with Gasteiger partial charge in [-0.05, 0) is 49.4 Å². The highest BCUT2D eigenvalue weighted by Crippen LogP contribution is 2.45. The second-order valence-electron chi connectivity index (χ2n) is 6.89. The van der Waals surface area contributed by atoms with Crippen LogP contribution in [-0.2, 0) is 0 Å². The standard InChI is InChI=1S/C18H19ClF3N3O/c19-16-4-2-13(9-15(16)14-3-1-11(14)10-23)24-17(26)25-7-5-12(6-8-25)18(20,21)22/h2,4,9,11-12,14H,1,3,5-8H2,(H,24,26)/t11-,14-/m1/s1. The number of benzene rings is 1. The second kappa shape index (κ2) is 7.36. The molecule has 26 heavy (non-hydrogen) atoms. The van der Waals surface area contributed by atoms with Crippen molar-refractivity contribution >= 4 is 23.3 Å². The molecule has 0 spiro atoms. The molecule has 1 aliphatic heterocycles. The number of carbonyl (C=O) groups excluding carboxylic acids is 1. The number of nitrogens with zero attached hydrogens (tertiary/aromatic N) is 2. The summed E-state index contributed by atoms with van der Waals surface area (Å²) in [6.07, 6.45) is -2.64. The number of likely N-dealkylation sites (tertiary alicyclic amines) is 1. The van der Waals surface area contributed by atoms with Crippen LogP contribution in [0, 0.1) is 23.2 Å². The van der Waals surface area contributed by atoms with E-state index in [0.29, 0.717) is 10.7 Å². The van der Waals surface area contributed by atoms with Gasteiger partial charge in [-0.1, -0.05) is 11.6 Å². The molecule has 2 amide bonds. The van der Waals surface area contributed by atoms with Crippen LogP contribution in [0.25, 0.3) is 0 Å². The van der Waals surface area contributed by atoms with Crippen molar-refractivity contribution in [1.82, 2.24) is 4.90 Å². The summed E-state index contributed by atoms with van der Waals surface area (Å²) < 4.78 is 38.2. The fraction of sp³-hybridized carbons (Fsp3) is 0.556.